The summed E-state index contributed by atoms with van der Waals surface area (Å²) in [7, 11) is 0. The number of anilines is 1. The van der Waals surface area contributed by atoms with E-state index in [-0.39, 0.29) is 5.91 Å². The number of nitriles is 1. The van der Waals surface area contributed by atoms with Crippen LogP contribution in [0.15, 0.2) is 65.7 Å². The van der Waals surface area contributed by atoms with E-state index in [1.807, 2.05) is 36.4 Å². The van der Waals surface area contributed by atoms with Gasteiger partial charge in [0.2, 0.25) is 0 Å². The number of nitrogens with zero attached hydrogens (tertiary/aromatic N) is 2. The lowest BCUT2D eigenvalue weighted by Crippen LogP contribution is -2.25. The van der Waals surface area contributed by atoms with Crippen LogP contribution in [0.25, 0.3) is 0 Å². The Balaban J connectivity index is 1.20. The monoisotopic (exact) mass is 474 g/mol. The fourth-order valence-electron chi connectivity index (χ4n) is 3.71. The summed E-state index contributed by atoms with van der Waals surface area (Å²) in [6.07, 6.45) is 0. The van der Waals surface area contributed by atoms with Crippen LogP contribution in [-0.2, 0) is 6.54 Å². The average molecular weight is 475 g/mol. The molecule has 8 heteroatoms. The fourth-order valence-corrected chi connectivity index (χ4v) is 5.01. The number of benzene rings is 3. The summed E-state index contributed by atoms with van der Waals surface area (Å²) in [6, 6.07) is 20.3. The van der Waals surface area contributed by atoms with Gasteiger partial charge in [-0.1, -0.05) is 47.6 Å². The van der Waals surface area contributed by atoms with Crippen molar-refractivity contribution in [2.75, 3.05) is 18.4 Å². The van der Waals surface area contributed by atoms with E-state index in [0.717, 1.165) is 29.3 Å². The van der Waals surface area contributed by atoms with Crippen LogP contribution in [0.1, 0.15) is 27.0 Å². The largest absolute Gasteiger partial charge is 0.454 e. The molecule has 5 rings (SSSR count). The first kappa shape index (κ1) is 21.5. The molecule has 3 aromatic carbocycles. The molecule has 0 saturated heterocycles. The van der Waals surface area contributed by atoms with Gasteiger partial charge in [-0.25, -0.2) is 0 Å². The van der Waals surface area contributed by atoms with Crippen LogP contribution in [-0.4, -0.2) is 29.3 Å². The van der Waals surface area contributed by atoms with Gasteiger partial charge in [0.05, 0.1) is 34.5 Å². The smallest absolute Gasteiger partial charge is 0.259 e. The number of para-hydroxylation sites is 1. The molecule has 2 aliphatic heterocycles. The van der Waals surface area contributed by atoms with Crippen molar-refractivity contribution in [1.29, 1.82) is 5.26 Å². The predicted octanol–water partition coefficient (Wildman–Crippen LogP) is 5.22. The third-order valence-corrected chi connectivity index (χ3v) is 7.00. The van der Waals surface area contributed by atoms with Crippen molar-refractivity contribution >= 4 is 40.0 Å². The number of thioether (sulfide) groups is 1. The Morgan fingerprint density at radius 1 is 1.18 bits per heavy atom. The molecule has 2 N–H and O–H groups in total. The molecular weight excluding hydrogens is 456 g/mol. The summed E-state index contributed by atoms with van der Waals surface area (Å²) in [5, 5.41) is 17.2. The molecular formula is C25H19ClN4O2S. The second kappa shape index (κ2) is 9.28. The quantitative estimate of drug-likeness (QED) is 0.529. The van der Waals surface area contributed by atoms with Crippen LogP contribution >= 0.6 is 23.4 Å². The van der Waals surface area contributed by atoms with Crippen molar-refractivity contribution in [2.24, 2.45) is 4.99 Å². The molecule has 2 aliphatic rings. The second-order valence-electron chi connectivity index (χ2n) is 7.70. The lowest BCUT2D eigenvalue weighted by Gasteiger charge is -2.14. The maximum absolute atomic E-state index is 12.6. The predicted molar refractivity (Wildman–Crippen MR) is 132 cm³/mol. The second-order valence-corrected chi connectivity index (χ2v) is 9.39. The van der Waals surface area contributed by atoms with Crippen molar-refractivity contribution < 1.29 is 9.53 Å². The average Bonchev–Trinajstić information content (AvgIpc) is 3.25. The molecule has 0 radical (unpaired) electrons. The molecule has 0 fully saturated rings. The van der Waals surface area contributed by atoms with E-state index in [0.29, 0.717) is 45.1 Å². The third kappa shape index (κ3) is 4.60. The molecule has 0 aliphatic carbocycles. The molecule has 0 spiro atoms. The van der Waals surface area contributed by atoms with Gasteiger partial charge < -0.3 is 15.4 Å². The highest BCUT2D eigenvalue weighted by atomic mass is 35.5. The van der Waals surface area contributed by atoms with Crippen LogP contribution in [0.5, 0.6) is 11.5 Å². The number of hydrogen-bond acceptors (Lipinski definition) is 6. The minimum Gasteiger partial charge on any atom is -0.454 e. The first-order valence-electron chi connectivity index (χ1n) is 10.4. The molecule has 164 valence electrons. The van der Waals surface area contributed by atoms with Crippen LogP contribution in [0.4, 0.5) is 5.69 Å². The number of carbonyl (C=O) groups excluding carboxylic acids is 1. The molecule has 2 heterocycles. The topological polar surface area (TPSA) is 86.5 Å². The number of amides is 1. The first-order chi connectivity index (χ1) is 16.1. The lowest BCUT2D eigenvalue weighted by molar-refractivity contribution is 0.102. The summed E-state index contributed by atoms with van der Waals surface area (Å²) in [5.74, 6) is 0.821. The normalized spacial score (nSPS) is 16.5. The van der Waals surface area contributed by atoms with Crippen LogP contribution in [0, 0.1) is 11.3 Å². The van der Waals surface area contributed by atoms with Gasteiger partial charge in [-0.3, -0.25) is 9.79 Å². The minimum atomic E-state index is -0.208. The van der Waals surface area contributed by atoms with Gasteiger partial charge in [0.15, 0.2) is 5.75 Å². The van der Waals surface area contributed by atoms with Gasteiger partial charge in [0.25, 0.3) is 5.91 Å². The molecule has 1 unspecified atom stereocenters. The van der Waals surface area contributed by atoms with Crippen LogP contribution in [0.3, 0.4) is 0 Å². The van der Waals surface area contributed by atoms with E-state index < -0.39 is 0 Å². The number of halogens is 1. The zero-order valence-electron chi connectivity index (χ0n) is 17.5. The van der Waals surface area contributed by atoms with Crippen molar-refractivity contribution in [3.8, 4) is 17.6 Å². The van der Waals surface area contributed by atoms with E-state index in [4.69, 9.17) is 21.6 Å². The molecule has 6 nitrogen and oxygen atoms in total. The first-order valence-corrected chi connectivity index (χ1v) is 11.7. The number of ether oxygens (including phenoxy) is 1. The molecule has 1 amide bonds. The Labute approximate surface area is 200 Å². The van der Waals surface area contributed by atoms with Gasteiger partial charge in [-0.05, 0) is 35.9 Å². The zero-order chi connectivity index (χ0) is 22.8. The number of fused-ring (bicyclic) bond motifs is 2. The Hall–Kier alpha value is -3.31. The standard InChI is InChI=1S/C25H19ClN4O2S/c26-20-10-23-21(30-24(31)19-3-1-2-4-22(19)32-23)9-17(20)12-28-13-18-14-29-25(33-18)16-7-5-15(11-27)6-8-16/h1-10,18,28H,12-14H2,(H,30,31). The number of hydrogen-bond donors (Lipinski definition) is 2. The van der Waals surface area contributed by atoms with E-state index in [1.165, 1.54) is 0 Å². The highest BCUT2D eigenvalue weighted by Gasteiger charge is 2.23. The van der Waals surface area contributed by atoms with Crippen LogP contribution in [0.2, 0.25) is 5.02 Å². The summed E-state index contributed by atoms with van der Waals surface area (Å²) in [4.78, 5) is 17.2. The molecule has 0 aromatic heterocycles. The Bertz CT molecular complexity index is 1300. The molecule has 0 saturated carbocycles. The lowest BCUT2D eigenvalue weighted by atomic mass is 10.1. The van der Waals surface area contributed by atoms with Crippen molar-refractivity contribution in [2.45, 2.75) is 11.8 Å². The van der Waals surface area contributed by atoms with Crippen LogP contribution < -0.4 is 15.4 Å². The Morgan fingerprint density at radius 3 is 2.82 bits per heavy atom. The molecule has 1 atom stereocenters. The molecule has 3 aromatic rings. The third-order valence-electron chi connectivity index (χ3n) is 5.41. The Kier molecular flexibility index (Phi) is 6.05. The summed E-state index contributed by atoms with van der Waals surface area (Å²) in [5.41, 5.74) is 3.64. The number of carbonyl (C=O) groups is 1. The van der Waals surface area contributed by atoms with Gasteiger partial charge in [0, 0.05) is 35.0 Å². The van der Waals surface area contributed by atoms with E-state index in [2.05, 4.69) is 21.7 Å². The molecule has 33 heavy (non-hydrogen) atoms. The SMILES string of the molecule is N#Cc1ccc(C2=NCC(CNCc3cc4c(cc3Cl)Oc3ccccc3C(=O)N4)S2)cc1. The number of aliphatic imine (C=N–C) groups is 1. The van der Waals surface area contributed by atoms with Gasteiger partial charge in [-0.2, -0.15) is 5.26 Å². The zero-order valence-corrected chi connectivity index (χ0v) is 19.0. The summed E-state index contributed by atoms with van der Waals surface area (Å²) < 4.78 is 5.94. The van der Waals surface area contributed by atoms with E-state index >= 15 is 0 Å². The number of nitrogens with one attached hydrogen (secondary N) is 2. The minimum absolute atomic E-state index is 0.208. The molecule has 0 bridgehead atoms. The number of rotatable bonds is 5. The highest BCUT2D eigenvalue weighted by Crippen LogP contribution is 2.38. The van der Waals surface area contributed by atoms with E-state index in [1.54, 1.807) is 36.0 Å². The maximum Gasteiger partial charge on any atom is 0.259 e. The maximum atomic E-state index is 12.6. The van der Waals surface area contributed by atoms with Gasteiger partial charge >= 0.3 is 0 Å². The summed E-state index contributed by atoms with van der Waals surface area (Å²) >= 11 is 8.25. The van der Waals surface area contributed by atoms with Crippen molar-refractivity contribution in [1.82, 2.24) is 5.32 Å². The fraction of sp³-hybridized carbons (Fsp3) is 0.160. The van der Waals surface area contributed by atoms with Crippen molar-refractivity contribution in [3.05, 3.63) is 87.9 Å². The van der Waals surface area contributed by atoms with Gasteiger partial charge in [-0.15, -0.1) is 0 Å². The van der Waals surface area contributed by atoms with Crippen molar-refractivity contribution in [3.63, 3.8) is 0 Å². The van der Waals surface area contributed by atoms with E-state index in [9.17, 15) is 4.79 Å². The Morgan fingerprint density at radius 2 is 2.00 bits per heavy atom. The highest BCUT2D eigenvalue weighted by molar-refractivity contribution is 8.15. The summed E-state index contributed by atoms with van der Waals surface area (Å²) in [6.45, 7) is 2.04. The van der Waals surface area contributed by atoms with Gasteiger partial charge in [0.1, 0.15) is 5.75 Å².